The molecule has 4 rings (SSSR count). The van der Waals surface area contributed by atoms with E-state index in [1.807, 2.05) is 12.3 Å². The second-order valence-corrected chi connectivity index (χ2v) is 7.41. The molecule has 27 heavy (non-hydrogen) atoms. The minimum absolute atomic E-state index is 0.267. The fourth-order valence-corrected chi connectivity index (χ4v) is 3.87. The van der Waals surface area contributed by atoms with Crippen molar-refractivity contribution in [2.75, 3.05) is 11.1 Å². The van der Waals surface area contributed by atoms with Gasteiger partial charge in [-0.15, -0.1) is 0 Å². The van der Waals surface area contributed by atoms with Crippen LogP contribution < -0.4 is 16.8 Å². The molecule has 0 radical (unpaired) electrons. The summed E-state index contributed by atoms with van der Waals surface area (Å²) in [7, 11) is 0. The lowest BCUT2D eigenvalue weighted by Gasteiger charge is -2.28. The average Bonchev–Trinajstić information content (AvgIpc) is 3.07. The van der Waals surface area contributed by atoms with Gasteiger partial charge in [0.25, 0.3) is 0 Å². The molecule has 7 heteroatoms. The normalized spacial score (nSPS) is 20.1. The Kier molecular flexibility index (Phi) is 4.94. The third-order valence-electron chi connectivity index (χ3n) is 5.30. The molecule has 0 bridgehead atoms. The lowest BCUT2D eigenvalue weighted by Crippen LogP contribution is -2.33. The zero-order valence-electron chi connectivity index (χ0n) is 15.7. The molecule has 3 aromatic rings. The smallest absolute Gasteiger partial charge is 0.220 e. The van der Waals surface area contributed by atoms with Gasteiger partial charge in [-0.25, -0.2) is 15.0 Å². The predicted molar refractivity (Wildman–Crippen MR) is 109 cm³/mol. The van der Waals surface area contributed by atoms with Crippen LogP contribution in [0.1, 0.15) is 44.7 Å². The van der Waals surface area contributed by atoms with E-state index in [1.165, 1.54) is 5.69 Å². The number of hydrogen-bond acceptors (Lipinski definition) is 6. The van der Waals surface area contributed by atoms with Crippen molar-refractivity contribution in [2.45, 2.75) is 57.5 Å². The third kappa shape index (κ3) is 3.73. The Hall–Kier alpha value is -2.67. The molecule has 7 nitrogen and oxygen atoms in total. The van der Waals surface area contributed by atoms with Crippen LogP contribution in [0.5, 0.6) is 0 Å². The molecule has 1 aliphatic carbocycles. The zero-order chi connectivity index (χ0) is 18.8. The zero-order valence-corrected chi connectivity index (χ0v) is 15.7. The Balaban J connectivity index is 1.78. The van der Waals surface area contributed by atoms with Gasteiger partial charge in [0.15, 0.2) is 0 Å². The topological polar surface area (TPSA) is 119 Å². The van der Waals surface area contributed by atoms with Crippen LogP contribution in [0.4, 0.5) is 11.6 Å². The molecule has 0 atom stereocenters. The summed E-state index contributed by atoms with van der Waals surface area (Å²) in [6, 6.07) is 4.81. The first-order valence-electron chi connectivity index (χ1n) is 9.75. The molecular weight excluding hydrogens is 338 g/mol. The summed E-state index contributed by atoms with van der Waals surface area (Å²) in [5.41, 5.74) is 16.8. The van der Waals surface area contributed by atoms with Crippen LogP contribution in [0.15, 0.2) is 24.5 Å². The minimum atomic E-state index is 0.267. The number of anilines is 2. The van der Waals surface area contributed by atoms with Gasteiger partial charge in [0, 0.05) is 41.1 Å². The standard InChI is InChI=1S/C20H27N7/c1-2-3-14-10-15-18(25-13-6-4-12(21)5-7-13)16(11-24-19(15)26-14)17-8-9-23-20(22)27-17/h8-13H,2-7,21H2,1H3,(H2,22,23,27)(H2,24,25,26). The van der Waals surface area contributed by atoms with Crippen molar-refractivity contribution in [2.24, 2.45) is 5.73 Å². The van der Waals surface area contributed by atoms with Gasteiger partial charge in [-0.05, 0) is 44.2 Å². The summed E-state index contributed by atoms with van der Waals surface area (Å²) in [6.45, 7) is 2.18. The van der Waals surface area contributed by atoms with E-state index in [9.17, 15) is 0 Å². The van der Waals surface area contributed by atoms with Crippen molar-refractivity contribution < 1.29 is 0 Å². The molecule has 3 aromatic heterocycles. The van der Waals surface area contributed by atoms with Crippen LogP contribution in [0.25, 0.3) is 22.3 Å². The summed E-state index contributed by atoms with van der Waals surface area (Å²) >= 11 is 0. The molecule has 6 N–H and O–H groups in total. The predicted octanol–water partition coefficient (Wildman–Crippen LogP) is 3.24. The second kappa shape index (κ2) is 7.52. The minimum Gasteiger partial charge on any atom is -0.381 e. The Bertz CT molecular complexity index is 925. The monoisotopic (exact) mass is 365 g/mol. The average molecular weight is 365 g/mol. The Morgan fingerprint density at radius 2 is 2.04 bits per heavy atom. The number of fused-ring (bicyclic) bond motifs is 1. The highest BCUT2D eigenvalue weighted by molar-refractivity contribution is 5.98. The van der Waals surface area contributed by atoms with Gasteiger partial charge >= 0.3 is 0 Å². The second-order valence-electron chi connectivity index (χ2n) is 7.41. The number of hydrogen-bond donors (Lipinski definition) is 4. The van der Waals surface area contributed by atoms with Crippen molar-refractivity contribution in [1.82, 2.24) is 19.9 Å². The Morgan fingerprint density at radius 3 is 2.78 bits per heavy atom. The van der Waals surface area contributed by atoms with E-state index in [-0.39, 0.29) is 5.95 Å². The van der Waals surface area contributed by atoms with Crippen molar-refractivity contribution in [3.63, 3.8) is 0 Å². The highest BCUT2D eigenvalue weighted by Crippen LogP contribution is 2.35. The van der Waals surface area contributed by atoms with Gasteiger partial charge in [0.1, 0.15) is 5.65 Å². The molecule has 0 saturated heterocycles. The van der Waals surface area contributed by atoms with Crippen LogP contribution >= 0.6 is 0 Å². The highest BCUT2D eigenvalue weighted by atomic mass is 15.0. The van der Waals surface area contributed by atoms with E-state index >= 15 is 0 Å². The number of aryl methyl sites for hydroxylation is 1. The van der Waals surface area contributed by atoms with Crippen molar-refractivity contribution in [3.05, 3.63) is 30.2 Å². The molecule has 1 aliphatic rings. The number of nitrogen functional groups attached to an aromatic ring is 1. The maximum Gasteiger partial charge on any atom is 0.220 e. The maximum atomic E-state index is 6.08. The number of nitrogens with two attached hydrogens (primary N) is 2. The molecule has 3 heterocycles. The van der Waals surface area contributed by atoms with Crippen molar-refractivity contribution in [3.8, 4) is 11.3 Å². The fourth-order valence-electron chi connectivity index (χ4n) is 3.87. The number of aromatic amines is 1. The van der Waals surface area contributed by atoms with E-state index < -0.39 is 0 Å². The maximum absolute atomic E-state index is 6.08. The quantitative estimate of drug-likeness (QED) is 0.551. The first-order chi connectivity index (χ1) is 13.1. The summed E-state index contributed by atoms with van der Waals surface area (Å²) in [5.74, 6) is 0.267. The molecule has 0 spiro atoms. The van der Waals surface area contributed by atoms with Crippen molar-refractivity contribution in [1.29, 1.82) is 0 Å². The SMILES string of the molecule is CCCc1cc2c(NC3CCC(N)CC3)c(-c3ccnc(N)n3)cnc2[nH]1. The number of pyridine rings is 1. The third-order valence-corrected chi connectivity index (χ3v) is 5.30. The molecule has 0 amide bonds. The van der Waals surface area contributed by atoms with Crippen LogP contribution in [0.2, 0.25) is 0 Å². The fraction of sp³-hybridized carbons (Fsp3) is 0.450. The van der Waals surface area contributed by atoms with Crippen LogP contribution in [0.3, 0.4) is 0 Å². The van der Waals surface area contributed by atoms with Crippen molar-refractivity contribution >= 4 is 22.7 Å². The van der Waals surface area contributed by atoms with E-state index in [4.69, 9.17) is 11.5 Å². The van der Waals surface area contributed by atoms with Crippen LogP contribution in [0, 0.1) is 0 Å². The van der Waals surface area contributed by atoms with E-state index in [2.05, 4.69) is 38.2 Å². The Morgan fingerprint density at radius 1 is 1.22 bits per heavy atom. The van der Waals surface area contributed by atoms with Gasteiger partial charge < -0.3 is 21.8 Å². The van der Waals surface area contributed by atoms with Gasteiger partial charge in [-0.1, -0.05) is 13.3 Å². The molecule has 1 fully saturated rings. The van der Waals surface area contributed by atoms with Gasteiger partial charge in [0.05, 0.1) is 11.4 Å². The first kappa shape index (κ1) is 17.7. The number of nitrogens with one attached hydrogen (secondary N) is 2. The number of nitrogens with zero attached hydrogens (tertiary/aromatic N) is 3. The van der Waals surface area contributed by atoms with E-state index in [0.717, 1.165) is 66.5 Å². The van der Waals surface area contributed by atoms with Crippen LogP contribution in [-0.2, 0) is 6.42 Å². The highest BCUT2D eigenvalue weighted by Gasteiger charge is 2.22. The molecule has 0 aliphatic heterocycles. The number of H-pyrrole nitrogens is 1. The number of rotatable bonds is 5. The largest absolute Gasteiger partial charge is 0.381 e. The molecule has 142 valence electrons. The molecule has 1 saturated carbocycles. The summed E-state index contributed by atoms with van der Waals surface area (Å²) < 4.78 is 0. The molecule has 0 aromatic carbocycles. The van der Waals surface area contributed by atoms with Crippen LogP contribution in [-0.4, -0.2) is 32.0 Å². The van der Waals surface area contributed by atoms with E-state index in [1.54, 1.807) is 6.20 Å². The molecular formula is C20H27N7. The lowest BCUT2D eigenvalue weighted by atomic mass is 9.91. The summed E-state index contributed by atoms with van der Waals surface area (Å²) in [4.78, 5) is 16.5. The summed E-state index contributed by atoms with van der Waals surface area (Å²) in [6.07, 6.45) is 9.89. The first-order valence-corrected chi connectivity index (χ1v) is 9.75. The molecule has 0 unspecified atom stereocenters. The summed E-state index contributed by atoms with van der Waals surface area (Å²) in [5, 5.41) is 4.87. The van der Waals surface area contributed by atoms with Gasteiger partial charge in [-0.2, -0.15) is 0 Å². The van der Waals surface area contributed by atoms with Gasteiger partial charge in [0.2, 0.25) is 5.95 Å². The Labute approximate surface area is 159 Å². The lowest BCUT2D eigenvalue weighted by molar-refractivity contribution is 0.411. The number of aromatic nitrogens is 4. The van der Waals surface area contributed by atoms with Gasteiger partial charge in [-0.3, -0.25) is 0 Å². The van der Waals surface area contributed by atoms with E-state index in [0.29, 0.717) is 12.1 Å².